The number of hydrogen-bond acceptors (Lipinski definition) is 3. The summed E-state index contributed by atoms with van der Waals surface area (Å²) in [6, 6.07) is 0. The molecule has 0 heterocycles. The fourth-order valence-corrected chi connectivity index (χ4v) is 7.17. The molecule has 2 saturated carbocycles. The number of rotatable bonds is 7. The molecule has 4 heteroatoms. The molecule has 5 atom stereocenters. The maximum absolute atomic E-state index is 11.9. The van der Waals surface area contributed by atoms with E-state index < -0.39 is 0 Å². The summed E-state index contributed by atoms with van der Waals surface area (Å²) in [4.78, 5) is 11.9. The number of hydrogen-bond donors (Lipinski definition) is 0. The van der Waals surface area contributed by atoms with Crippen molar-refractivity contribution in [3.63, 3.8) is 0 Å². The summed E-state index contributed by atoms with van der Waals surface area (Å²) in [5.41, 5.74) is -0.371. The standard InChI is InChI=1S/C18H28IO3/c1-4-18(2,3)17(20)21-8-9-22-19-16-11-12-10-15(16)14-7-5-6-13(12)14/h5-6,12-16H,4,7-11H2,1-3H3/q-1/t12?,13?,14?,15-,16?/m0/s1. The normalized spacial score (nSPS) is 36.0. The summed E-state index contributed by atoms with van der Waals surface area (Å²) in [6.07, 6.45) is 9.79. The Bertz CT molecular complexity index is 446. The molecular weight excluding hydrogens is 391 g/mol. The third kappa shape index (κ3) is 3.23. The van der Waals surface area contributed by atoms with Gasteiger partial charge in [0, 0.05) is 0 Å². The van der Waals surface area contributed by atoms with Crippen LogP contribution in [0.5, 0.6) is 0 Å². The first-order valence-electron chi connectivity index (χ1n) is 8.62. The zero-order valence-electron chi connectivity index (χ0n) is 13.9. The van der Waals surface area contributed by atoms with Crippen LogP contribution in [0.4, 0.5) is 0 Å². The molecule has 0 aromatic carbocycles. The quantitative estimate of drug-likeness (QED) is 0.199. The molecule has 0 aromatic rings. The topological polar surface area (TPSA) is 35.5 Å². The van der Waals surface area contributed by atoms with Crippen molar-refractivity contribution in [2.24, 2.45) is 29.1 Å². The van der Waals surface area contributed by atoms with Crippen LogP contribution in [0.15, 0.2) is 12.2 Å². The van der Waals surface area contributed by atoms with Crippen LogP contribution in [0.2, 0.25) is 0 Å². The summed E-state index contributed by atoms with van der Waals surface area (Å²) in [5, 5.41) is 0. The van der Waals surface area contributed by atoms with Crippen LogP contribution in [0.25, 0.3) is 0 Å². The average molecular weight is 419 g/mol. The molecule has 3 rings (SSSR count). The van der Waals surface area contributed by atoms with E-state index in [1.165, 1.54) is 19.3 Å². The zero-order valence-corrected chi connectivity index (χ0v) is 16.0. The van der Waals surface area contributed by atoms with Crippen molar-refractivity contribution in [2.45, 2.75) is 50.4 Å². The third-order valence-corrected chi connectivity index (χ3v) is 8.82. The van der Waals surface area contributed by atoms with Gasteiger partial charge < -0.3 is 0 Å². The van der Waals surface area contributed by atoms with Crippen molar-refractivity contribution < 1.29 is 34.2 Å². The van der Waals surface area contributed by atoms with Gasteiger partial charge >= 0.3 is 145 Å². The average Bonchev–Trinajstić information content (AvgIpc) is 3.18. The minimum atomic E-state index is -0.371. The van der Waals surface area contributed by atoms with Crippen molar-refractivity contribution in [3.8, 4) is 0 Å². The van der Waals surface area contributed by atoms with E-state index in [1.54, 1.807) is 0 Å². The first-order valence-corrected chi connectivity index (χ1v) is 10.7. The van der Waals surface area contributed by atoms with Crippen molar-refractivity contribution in [2.75, 3.05) is 13.2 Å². The summed E-state index contributed by atoms with van der Waals surface area (Å²) < 4.78 is 12.1. The molecule has 4 unspecified atom stereocenters. The first kappa shape index (κ1) is 16.7. The molecule has 0 N–H and O–H groups in total. The molecule has 0 radical (unpaired) electrons. The Morgan fingerprint density at radius 3 is 2.86 bits per heavy atom. The van der Waals surface area contributed by atoms with E-state index in [-0.39, 0.29) is 33.0 Å². The third-order valence-electron chi connectivity index (χ3n) is 5.93. The predicted octanol–water partition coefficient (Wildman–Crippen LogP) is 0.587. The van der Waals surface area contributed by atoms with Crippen LogP contribution in [-0.2, 0) is 12.6 Å². The Morgan fingerprint density at radius 2 is 2.09 bits per heavy atom. The van der Waals surface area contributed by atoms with Gasteiger partial charge in [-0.2, -0.15) is 0 Å². The van der Waals surface area contributed by atoms with Crippen molar-refractivity contribution in [3.05, 3.63) is 12.2 Å². The van der Waals surface area contributed by atoms with Crippen LogP contribution in [0.3, 0.4) is 0 Å². The van der Waals surface area contributed by atoms with E-state index in [2.05, 4.69) is 12.2 Å². The molecule has 22 heavy (non-hydrogen) atoms. The first-order chi connectivity index (χ1) is 10.5. The van der Waals surface area contributed by atoms with Crippen LogP contribution in [-0.4, -0.2) is 23.1 Å². The summed E-state index contributed by atoms with van der Waals surface area (Å²) in [5.74, 6) is 3.57. The summed E-state index contributed by atoms with van der Waals surface area (Å²) in [6.45, 7) is 6.88. The van der Waals surface area contributed by atoms with Crippen LogP contribution in [0, 0.1) is 29.1 Å². The SMILES string of the molecule is CCC(C)(C)C(=O)OCCO[I-]C1CC2C[C@H]1C1CC=CC21. The molecule has 3 aliphatic carbocycles. The second-order valence-corrected chi connectivity index (χ2v) is 10.3. The van der Waals surface area contributed by atoms with Gasteiger partial charge in [0.05, 0.1) is 0 Å². The molecule has 3 aliphatic rings. The van der Waals surface area contributed by atoms with E-state index in [4.69, 9.17) is 7.80 Å². The minimum absolute atomic E-state index is 0.100. The second-order valence-electron chi connectivity index (χ2n) is 7.59. The van der Waals surface area contributed by atoms with Gasteiger partial charge in [-0.15, -0.1) is 0 Å². The summed E-state index contributed by atoms with van der Waals surface area (Å²) >= 11 is -0.204. The molecular formula is C18H28IO3-. The Kier molecular flexibility index (Phi) is 5.17. The van der Waals surface area contributed by atoms with Gasteiger partial charge in [0.1, 0.15) is 0 Å². The molecule has 3 nitrogen and oxygen atoms in total. The Morgan fingerprint density at radius 1 is 1.27 bits per heavy atom. The van der Waals surface area contributed by atoms with Gasteiger partial charge in [0.25, 0.3) is 0 Å². The van der Waals surface area contributed by atoms with E-state index >= 15 is 0 Å². The monoisotopic (exact) mass is 419 g/mol. The zero-order chi connectivity index (χ0) is 15.7. The van der Waals surface area contributed by atoms with Gasteiger partial charge in [-0.25, -0.2) is 0 Å². The molecule has 2 bridgehead atoms. The number of allylic oxidation sites excluding steroid dienone is 2. The second kappa shape index (κ2) is 6.80. The molecule has 126 valence electrons. The number of fused-ring (bicyclic) bond motifs is 5. The number of halogens is 1. The number of esters is 1. The Balaban J connectivity index is 1.33. The predicted molar refractivity (Wildman–Crippen MR) is 81.7 cm³/mol. The molecule has 0 amide bonds. The molecule has 0 aliphatic heterocycles. The van der Waals surface area contributed by atoms with Crippen molar-refractivity contribution >= 4 is 5.97 Å². The van der Waals surface area contributed by atoms with Gasteiger partial charge in [-0.05, 0) is 0 Å². The number of ether oxygens (including phenoxy) is 1. The molecule has 0 saturated heterocycles. The van der Waals surface area contributed by atoms with Crippen LogP contribution < -0.4 is 21.6 Å². The Hall–Kier alpha value is -0.100. The van der Waals surface area contributed by atoms with E-state index in [0.29, 0.717) is 13.2 Å². The van der Waals surface area contributed by atoms with E-state index in [0.717, 1.165) is 34.0 Å². The molecule has 2 fully saturated rings. The van der Waals surface area contributed by atoms with Crippen LogP contribution in [0.1, 0.15) is 46.5 Å². The number of alkyl halides is 1. The number of carbonyl (C=O) groups excluding carboxylic acids is 1. The summed E-state index contributed by atoms with van der Waals surface area (Å²) in [7, 11) is 0. The van der Waals surface area contributed by atoms with Gasteiger partial charge in [-0.1, -0.05) is 0 Å². The van der Waals surface area contributed by atoms with E-state index in [1.807, 2.05) is 20.8 Å². The van der Waals surface area contributed by atoms with Gasteiger partial charge in [0.15, 0.2) is 0 Å². The number of carbonyl (C=O) groups is 1. The van der Waals surface area contributed by atoms with Gasteiger partial charge in [-0.3, -0.25) is 0 Å². The molecule has 0 spiro atoms. The Labute approximate surface area is 145 Å². The van der Waals surface area contributed by atoms with Crippen molar-refractivity contribution in [1.82, 2.24) is 0 Å². The van der Waals surface area contributed by atoms with Crippen molar-refractivity contribution in [1.29, 1.82) is 0 Å². The fraction of sp³-hybridized carbons (Fsp3) is 0.833. The maximum atomic E-state index is 11.9. The molecule has 0 aromatic heterocycles. The van der Waals surface area contributed by atoms with E-state index in [9.17, 15) is 4.79 Å². The van der Waals surface area contributed by atoms with Gasteiger partial charge in [0.2, 0.25) is 0 Å². The fourth-order valence-electron chi connectivity index (χ4n) is 4.21. The van der Waals surface area contributed by atoms with Crippen LogP contribution >= 0.6 is 0 Å².